The lowest BCUT2D eigenvalue weighted by molar-refractivity contribution is 0.0471. The molecule has 1 spiro atoms. The van der Waals surface area contributed by atoms with E-state index in [2.05, 4.69) is 11.4 Å². The van der Waals surface area contributed by atoms with Crippen LogP contribution < -0.4 is 10.1 Å². The number of rotatable bonds is 2. The predicted octanol–water partition coefficient (Wildman–Crippen LogP) is 1.92. The Morgan fingerprint density at radius 3 is 2.95 bits per heavy atom. The maximum atomic E-state index is 12.0. The second-order valence-corrected chi connectivity index (χ2v) is 5.23. The number of piperidine rings is 1. The molecule has 0 bridgehead atoms. The van der Waals surface area contributed by atoms with Crippen LogP contribution in [0.4, 0.5) is 0 Å². The van der Waals surface area contributed by atoms with E-state index in [0.29, 0.717) is 12.2 Å². The Labute approximate surface area is 113 Å². The molecule has 3 rings (SSSR count). The van der Waals surface area contributed by atoms with Crippen LogP contribution in [-0.2, 0) is 11.2 Å². The van der Waals surface area contributed by atoms with Gasteiger partial charge in [0.15, 0.2) is 0 Å². The monoisotopic (exact) mass is 261 g/mol. The van der Waals surface area contributed by atoms with Gasteiger partial charge in [-0.25, -0.2) is 4.79 Å². The van der Waals surface area contributed by atoms with Crippen molar-refractivity contribution in [3.05, 3.63) is 29.3 Å². The van der Waals surface area contributed by atoms with Crippen molar-refractivity contribution >= 4 is 5.97 Å². The summed E-state index contributed by atoms with van der Waals surface area (Å²) in [6.07, 6.45) is 2.88. The first-order chi connectivity index (χ1) is 9.24. The molecule has 0 unspecified atom stereocenters. The number of esters is 1. The summed E-state index contributed by atoms with van der Waals surface area (Å²) < 4.78 is 11.3. The number of hydrogen-bond acceptors (Lipinski definition) is 4. The lowest BCUT2D eigenvalue weighted by Gasteiger charge is -2.33. The molecule has 2 aliphatic rings. The molecule has 19 heavy (non-hydrogen) atoms. The zero-order chi connectivity index (χ0) is 13.3. The number of nitrogens with one attached hydrogen (secondary N) is 1. The van der Waals surface area contributed by atoms with Crippen molar-refractivity contribution in [2.75, 3.05) is 19.7 Å². The third-order valence-electron chi connectivity index (χ3n) is 3.94. The van der Waals surface area contributed by atoms with Gasteiger partial charge in [-0.05, 0) is 44.5 Å². The van der Waals surface area contributed by atoms with Crippen LogP contribution >= 0.6 is 0 Å². The van der Waals surface area contributed by atoms with Gasteiger partial charge in [0.25, 0.3) is 0 Å². The van der Waals surface area contributed by atoms with Crippen LogP contribution in [0.3, 0.4) is 0 Å². The number of carbonyl (C=O) groups is 1. The zero-order valence-electron chi connectivity index (χ0n) is 11.2. The van der Waals surface area contributed by atoms with Crippen molar-refractivity contribution in [1.82, 2.24) is 5.32 Å². The van der Waals surface area contributed by atoms with Crippen LogP contribution in [0.1, 0.15) is 35.7 Å². The molecule has 0 atom stereocenters. The fraction of sp³-hybridized carbons (Fsp3) is 0.533. The molecule has 1 aromatic carbocycles. The highest BCUT2D eigenvalue weighted by Gasteiger charge is 2.41. The SMILES string of the molecule is CCOC(=O)c1cccc2c1OC1(CCNCC1)C2. The molecule has 0 aromatic heterocycles. The molecule has 4 heteroatoms. The Kier molecular flexibility index (Phi) is 3.19. The van der Waals surface area contributed by atoms with Gasteiger partial charge >= 0.3 is 5.97 Å². The summed E-state index contributed by atoms with van der Waals surface area (Å²) in [4.78, 5) is 12.0. The molecule has 0 amide bonds. The molecule has 102 valence electrons. The zero-order valence-corrected chi connectivity index (χ0v) is 11.2. The maximum Gasteiger partial charge on any atom is 0.341 e. The minimum Gasteiger partial charge on any atom is -0.486 e. The molecule has 1 aromatic rings. The first-order valence-corrected chi connectivity index (χ1v) is 6.93. The van der Waals surface area contributed by atoms with Crippen LogP contribution in [0.25, 0.3) is 0 Å². The van der Waals surface area contributed by atoms with E-state index in [1.165, 1.54) is 0 Å². The van der Waals surface area contributed by atoms with E-state index in [9.17, 15) is 4.79 Å². The van der Waals surface area contributed by atoms with Crippen LogP contribution in [0.15, 0.2) is 18.2 Å². The predicted molar refractivity (Wildman–Crippen MR) is 71.6 cm³/mol. The van der Waals surface area contributed by atoms with Crippen LogP contribution in [0.2, 0.25) is 0 Å². The van der Waals surface area contributed by atoms with Gasteiger partial charge < -0.3 is 14.8 Å². The average Bonchev–Trinajstić information content (AvgIpc) is 2.76. The number of carbonyl (C=O) groups excluding carboxylic acids is 1. The lowest BCUT2D eigenvalue weighted by atomic mass is 9.88. The van der Waals surface area contributed by atoms with Crippen molar-refractivity contribution in [1.29, 1.82) is 0 Å². The van der Waals surface area contributed by atoms with E-state index >= 15 is 0 Å². The standard InChI is InChI=1S/C15H19NO3/c1-2-18-14(17)12-5-3-4-11-10-15(19-13(11)12)6-8-16-9-7-15/h3-5,16H,2,6-10H2,1H3. The smallest absolute Gasteiger partial charge is 0.341 e. The highest BCUT2D eigenvalue weighted by Crippen LogP contribution is 2.42. The first-order valence-electron chi connectivity index (χ1n) is 6.93. The Bertz CT molecular complexity index is 492. The molecule has 4 nitrogen and oxygen atoms in total. The highest BCUT2D eigenvalue weighted by atomic mass is 16.5. The molecule has 2 aliphatic heterocycles. The number of para-hydroxylation sites is 1. The number of benzene rings is 1. The van der Waals surface area contributed by atoms with Gasteiger partial charge in [-0.2, -0.15) is 0 Å². The fourth-order valence-electron chi connectivity index (χ4n) is 2.98. The fourth-order valence-corrected chi connectivity index (χ4v) is 2.98. The van der Waals surface area contributed by atoms with Gasteiger partial charge in [0.1, 0.15) is 16.9 Å². The van der Waals surface area contributed by atoms with Crippen molar-refractivity contribution in [3.8, 4) is 5.75 Å². The van der Waals surface area contributed by atoms with E-state index < -0.39 is 0 Å². The van der Waals surface area contributed by atoms with Crippen molar-refractivity contribution in [2.24, 2.45) is 0 Å². The van der Waals surface area contributed by atoms with Crippen LogP contribution in [-0.4, -0.2) is 31.3 Å². The molecular formula is C15H19NO3. The summed E-state index contributed by atoms with van der Waals surface area (Å²) in [5, 5.41) is 3.35. The summed E-state index contributed by atoms with van der Waals surface area (Å²) in [5.74, 6) is 0.452. The lowest BCUT2D eigenvalue weighted by Crippen LogP contribution is -2.45. The second kappa shape index (κ2) is 4.85. The summed E-state index contributed by atoms with van der Waals surface area (Å²) in [7, 11) is 0. The van der Waals surface area contributed by atoms with Gasteiger partial charge in [0, 0.05) is 6.42 Å². The third kappa shape index (κ3) is 2.21. The van der Waals surface area contributed by atoms with Crippen molar-refractivity contribution in [3.63, 3.8) is 0 Å². The largest absolute Gasteiger partial charge is 0.486 e. The molecule has 0 aliphatic carbocycles. The second-order valence-electron chi connectivity index (χ2n) is 5.23. The van der Waals surface area contributed by atoms with Crippen molar-refractivity contribution in [2.45, 2.75) is 31.8 Å². The Balaban J connectivity index is 1.90. The average molecular weight is 261 g/mol. The molecule has 2 heterocycles. The first kappa shape index (κ1) is 12.5. The topological polar surface area (TPSA) is 47.6 Å². The minimum absolute atomic E-state index is 0.115. The molecule has 1 fully saturated rings. The molecule has 1 N–H and O–H groups in total. The molecular weight excluding hydrogens is 242 g/mol. The van der Waals surface area contributed by atoms with Gasteiger partial charge in [-0.3, -0.25) is 0 Å². The Morgan fingerprint density at radius 2 is 2.21 bits per heavy atom. The van der Waals surface area contributed by atoms with Gasteiger partial charge in [-0.15, -0.1) is 0 Å². The minimum atomic E-state index is -0.287. The number of hydrogen-bond donors (Lipinski definition) is 1. The Morgan fingerprint density at radius 1 is 1.42 bits per heavy atom. The summed E-state index contributed by atoms with van der Waals surface area (Å²) in [5.41, 5.74) is 1.58. The van der Waals surface area contributed by atoms with Crippen LogP contribution in [0.5, 0.6) is 5.75 Å². The van der Waals surface area contributed by atoms with Gasteiger partial charge in [0.2, 0.25) is 0 Å². The van der Waals surface area contributed by atoms with E-state index in [1.54, 1.807) is 6.07 Å². The van der Waals surface area contributed by atoms with Crippen molar-refractivity contribution < 1.29 is 14.3 Å². The summed E-state index contributed by atoms with van der Waals surface area (Å²) in [6.45, 7) is 4.15. The molecule has 0 saturated carbocycles. The molecule has 1 saturated heterocycles. The molecule has 0 radical (unpaired) electrons. The summed E-state index contributed by atoms with van der Waals surface area (Å²) in [6, 6.07) is 5.75. The van der Waals surface area contributed by atoms with E-state index in [0.717, 1.165) is 43.7 Å². The normalized spacial score (nSPS) is 19.8. The van der Waals surface area contributed by atoms with E-state index in [4.69, 9.17) is 9.47 Å². The maximum absolute atomic E-state index is 12.0. The quantitative estimate of drug-likeness (QED) is 0.826. The third-order valence-corrected chi connectivity index (χ3v) is 3.94. The number of fused-ring (bicyclic) bond motifs is 1. The van der Waals surface area contributed by atoms with Gasteiger partial charge in [0.05, 0.1) is 6.61 Å². The summed E-state index contributed by atoms with van der Waals surface area (Å²) >= 11 is 0. The Hall–Kier alpha value is -1.55. The van der Waals surface area contributed by atoms with E-state index in [1.807, 2.05) is 13.0 Å². The van der Waals surface area contributed by atoms with E-state index in [-0.39, 0.29) is 11.6 Å². The number of ether oxygens (including phenoxy) is 2. The highest BCUT2D eigenvalue weighted by molar-refractivity contribution is 5.93. The van der Waals surface area contributed by atoms with Gasteiger partial charge in [-0.1, -0.05) is 12.1 Å². The van der Waals surface area contributed by atoms with Crippen LogP contribution in [0, 0.1) is 0 Å².